The van der Waals surface area contributed by atoms with E-state index in [2.05, 4.69) is 58.8 Å². The maximum absolute atomic E-state index is 9.19. The third kappa shape index (κ3) is 3.56. The highest BCUT2D eigenvalue weighted by Gasteiger charge is 2.22. The van der Waals surface area contributed by atoms with Gasteiger partial charge in [0.1, 0.15) is 0 Å². The Morgan fingerprint density at radius 1 is 0.968 bits per heavy atom. The second-order valence-corrected chi connectivity index (χ2v) is 8.30. The third-order valence-electron chi connectivity index (χ3n) is 6.18. The summed E-state index contributed by atoms with van der Waals surface area (Å²) in [7, 11) is 0. The molecule has 2 N–H and O–H groups in total. The van der Waals surface area contributed by atoms with Crippen LogP contribution in [0.3, 0.4) is 0 Å². The number of nitriles is 1. The molecule has 4 aromatic rings. The first kappa shape index (κ1) is 19.3. The van der Waals surface area contributed by atoms with E-state index in [1.165, 1.54) is 11.3 Å². The van der Waals surface area contributed by atoms with Crippen molar-refractivity contribution >= 4 is 11.2 Å². The van der Waals surface area contributed by atoms with Gasteiger partial charge in [0.05, 0.1) is 28.5 Å². The van der Waals surface area contributed by atoms with Crippen LogP contribution in [0.25, 0.3) is 27.9 Å². The van der Waals surface area contributed by atoms with Crippen LogP contribution < -0.4 is 10.6 Å². The van der Waals surface area contributed by atoms with Crippen molar-refractivity contribution in [2.24, 2.45) is 5.73 Å². The molecular formula is C26H25N5. The normalized spacial score (nSPS) is 14.7. The van der Waals surface area contributed by atoms with Gasteiger partial charge in [-0.05, 0) is 49.6 Å². The molecule has 0 aliphatic carbocycles. The first-order chi connectivity index (χ1) is 15.1. The Hall–Kier alpha value is -3.62. The molecule has 154 valence electrons. The molecule has 5 heteroatoms. The van der Waals surface area contributed by atoms with Crippen LogP contribution in [0.4, 0.5) is 5.69 Å². The van der Waals surface area contributed by atoms with Gasteiger partial charge in [0.15, 0.2) is 0 Å². The second-order valence-electron chi connectivity index (χ2n) is 8.30. The van der Waals surface area contributed by atoms with Gasteiger partial charge in [-0.25, -0.2) is 4.52 Å². The number of nitrogens with two attached hydrogens (primary N) is 1. The molecule has 0 spiro atoms. The lowest BCUT2D eigenvalue weighted by molar-refractivity contribution is 0.501. The maximum atomic E-state index is 9.19. The van der Waals surface area contributed by atoms with Crippen LogP contribution in [0.2, 0.25) is 0 Å². The summed E-state index contributed by atoms with van der Waals surface area (Å²) in [5, 5.41) is 13.9. The van der Waals surface area contributed by atoms with E-state index in [1.807, 2.05) is 30.5 Å². The molecule has 0 amide bonds. The van der Waals surface area contributed by atoms with Crippen LogP contribution in [-0.2, 0) is 0 Å². The summed E-state index contributed by atoms with van der Waals surface area (Å²) in [6, 6.07) is 23.2. The monoisotopic (exact) mass is 407 g/mol. The van der Waals surface area contributed by atoms with Gasteiger partial charge in [0.25, 0.3) is 0 Å². The van der Waals surface area contributed by atoms with Gasteiger partial charge in [0, 0.05) is 36.5 Å². The molecule has 5 nitrogen and oxygen atoms in total. The Morgan fingerprint density at radius 3 is 2.32 bits per heavy atom. The van der Waals surface area contributed by atoms with Gasteiger partial charge >= 0.3 is 0 Å². The molecule has 31 heavy (non-hydrogen) atoms. The maximum Gasteiger partial charge on any atom is 0.0991 e. The SMILES string of the molecule is Cc1ccc(-c2c(-c3ccc(C#N)cc3)cc3c(N4CCC(N)CC4)ccnn23)cc1. The predicted molar refractivity (Wildman–Crippen MR) is 125 cm³/mol. The fourth-order valence-corrected chi connectivity index (χ4v) is 4.40. The predicted octanol–water partition coefficient (Wildman–Crippen LogP) is 4.78. The quantitative estimate of drug-likeness (QED) is 0.531. The van der Waals surface area contributed by atoms with Crippen LogP contribution in [0.1, 0.15) is 24.0 Å². The Morgan fingerprint density at radius 2 is 1.65 bits per heavy atom. The first-order valence-electron chi connectivity index (χ1n) is 10.7. The number of piperidine rings is 1. The summed E-state index contributed by atoms with van der Waals surface area (Å²) in [6.45, 7) is 4.01. The average molecular weight is 408 g/mol. The Bertz CT molecular complexity index is 1250. The topological polar surface area (TPSA) is 70.3 Å². The van der Waals surface area contributed by atoms with Crippen LogP contribution >= 0.6 is 0 Å². The van der Waals surface area contributed by atoms with E-state index in [-0.39, 0.29) is 0 Å². The summed E-state index contributed by atoms with van der Waals surface area (Å²) in [5.41, 5.74) is 14.7. The van der Waals surface area contributed by atoms with E-state index in [0.29, 0.717) is 11.6 Å². The van der Waals surface area contributed by atoms with Crippen molar-refractivity contribution in [3.63, 3.8) is 0 Å². The number of hydrogen-bond acceptors (Lipinski definition) is 4. The Labute approximate surface area is 182 Å². The zero-order chi connectivity index (χ0) is 21.4. The van der Waals surface area contributed by atoms with Crippen molar-refractivity contribution in [1.82, 2.24) is 9.61 Å². The molecule has 0 radical (unpaired) electrons. The summed E-state index contributed by atoms with van der Waals surface area (Å²) < 4.78 is 2.06. The summed E-state index contributed by atoms with van der Waals surface area (Å²) in [4.78, 5) is 2.42. The van der Waals surface area contributed by atoms with Crippen LogP contribution in [-0.4, -0.2) is 28.7 Å². The van der Waals surface area contributed by atoms with Crippen LogP contribution in [0.15, 0.2) is 66.9 Å². The lowest BCUT2D eigenvalue weighted by atomic mass is 10.00. The highest BCUT2D eigenvalue weighted by molar-refractivity contribution is 5.90. The van der Waals surface area contributed by atoms with E-state index in [4.69, 9.17) is 10.8 Å². The fraction of sp³-hybridized carbons (Fsp3) is 0.231. The number of nitrogens with zero attached hydrogens (tertiary/aromatic N) is 4. The van der Waals surface area contributed by atoms with Crippen molar-refractivity contribution in [3.8, 4) is 28.5 Å². The number of aromatic nitrogens is 2. The summed E-state index contributed by atoms with van der Waals surface area (Å²) >= 11 is 0. The molecule has 2 aromatic carbocycles. The molecule has 0 unspecified atom stereocenters. The van der Waals surface area contributed by atoms with E-state index in [1.54, 1.807) is 0 Å². The van der Waals surface area contributed by atoms with E-state index < -0.39 is 0 Å². The van der Waals surface area contributed by atoms with Gasteiger partial charge in [-0.2, -0.15) is 10.4 Å². The van der Waals surface area contributed by atoms with Crippen LogP contribution in [0, 0.1) is 18.3 Å². The second kappa shape index (κ2) is 7.90. The molecule has 1 saturated heterocycles. The number of benzene rings is 2. The van der Waals surface area contributed by atoms with Crippen molar-refractivity contribution in [2.45, 2.75) is 25.8 Å². The summed E-state index contributed by atoms with van der Waals surface area (Å²) in [6.07, 6.45) is 3.89. The van der Waals surface area contributed by atoms with Gasteiger partial charge in [0.2, 0.25) is 0 Å². The number of anilines is 1. The van der Waals surface area contributed by atoms with Crippen LogP contribution in [0.5, 0.6) is 0 Å². The Kier molecular flexibility index (Phi) is 4.93. The lowest BCUT2D eigenvalue weighted by Crippen LogP contribution is -2.39. The number of aryl methyl sites for hydroxylation is 1. The fourth-order valence-electron chi connectivity index (χ4n) is 4.40. The average Bonchev–Trinajstić information content (AvgIpc) is 3.20. The Balaban J connectivity index is 1.72. The number of rotatable bonds is 3. The number of hydrogen-bond donors (Lipinski definition) is 1. The zero-order valence-electron chi connectivity index (χ0n) is 17.6. The number of fused-ring (bicyclic) bond motifs is 1. The molecular weight excluding hydrogens is 382 g/mol. The van der Waals surface area contributed by atoms with Gasteiger partial charge in [-0.1, -0.05) is 42.0 Å². The molecule has 0 saturated carbocycles. The molecule has 1 aliphatic rings. The largest absolute Gasteiger partial charge is 0.370 e. The molecule has 3 heterocycles. The van der Waals surface area contributed by atoms with E-state index >= 15 is 0 Å². The van der Waals surface area contributed by atoms with Gasteiger partial charge in [-0.15, -0.1) is 0 Å². The van der Waals surface area contributed by atoms with Crippen molar-refractivity contribution in [3.05, 3.63) is 78.0 Å². The highest BCUT2D eigenvalue weighted by atomic mass is 15.2. The smallest absolute Gasteiger partial charge is 0.0991 e. The first-order valence-corrected chi connectivity index (χ1v) is 10.7. The molecule has 2 aromatic heterocycles. The highest BCUT2D eigenvalue weighted by Crippen LogP contribution is 2.38. The third-order valence-corrected chi connectivity index (χ3v) is 6.18. The zero-order valence-corrected chi connectivity index (χ0v) is 17.6. The standard InChI is InChI=1S/C26H25N5/c1-18-2-6-21(7-3-18)26-23(20-8-4-19(17-27)5-9-20)16-25-24(10-13-29-31(25)26)30-14-11-22(28)12-15-30/h2-10,13,16,22H,11-12,14-15,28H2,1H3. The van der Waals surface area contributed by atoms with Gasteiger partial charge in [-0.3, -0.25) is 0 Å². The van der Waals surface area contributed by atoms with E-state index in [0.717, 1.165) is 53.8 Å². The van der Waals surface area contributed by atoms with Gasteiger partial charge < -0.3 is 10.6 Å². The molecule has 1 fully saturated rings. The minimum atomic E-state index is 0.290. The molecule has 5 rings (SSSR count). The molecule has 0 bridgehead atoms. The molecule has 0 atom stereocenters. The lowest BCUT2D eigenvalue weighted by Gasteiger charge is -2.32. The van der Waals surface area contributed by atoms with Crippen molar-refractivity contribution in [2.75, 3.05) is 18.0 Å². The minimum absolute atomic E-state index is 0.290. The van der Waals surface area contributed by atoms with Crippen molar-refractivity contribution in [1.29, 1.82) is 5.26 Å². The van der Waals surface area contributed by atoms with E-state index in [9.17, 15) is 5.26 Å². The minimum Gasteiger partial charge on any atom is -0.370 e. The summed E-state index contributed by atoms with van der Waals surface area (Å²) in [5.74, 6) is 0. The van der Waals surface area contributed by atoms with Crippen molar-refractivity contribution < 1.29 is 0 Å². The molecule has 1 aliphatic heterocycles.